The summed E-state index contributed by atoms with van der Waals surface area (Å²) in [6, 6.07) is 8.28. The molecule has 1 saturated heterocycles. The fraction of sp³-hybridized carbons (Fsp3) is 0.333. The standard InChI is InChI=1S/C18H20N4O4/c1-12-8-15(20-26-12)18(25)22-7-6-21(11-23)10-16(22)13-4-3-5-14(9-13)17(24)19-2/h3-5,8-9,11,16H,6-7,10H2,1-2H3,(H,19,24). The Balaban J connectivity index is 1.94. The normalized spacial score (nSPS) is 17.1. The van der Waals surface area contributed by atoms with Crippen LogP contribution in [0.15, 0.2) is 34.9 Å². The number of benzene rings is 1. The maximum Gasteiger partial charge on any atom is 0.276 e. The minimum absolute atomic E-state index is 0.208. The summed E-state index contributed by atoms with van der Waals surface area (Å²) >= 11 is 0. The smallest absolute Gasteiger partial charge is 0.276 e. The molecule has 3 rings (SSSR count). The number of piperazine rings is 1. The Morgan fingerprint density at radius 2 is 2.12 bits per heavy atom. The molecule has 2 aromatic rings. The van der Waals surface area contributed by atoms with Gasteiger partial charge in [0.25, 0.3) is 11.8 Å². The highest BCUT2D eigenvalue weighted by molar-refractivity contribution is 5.94. The van der Waals surface area contributed by atoms with Gasteiger partial charge in [0.15, 0.2) is 5.69 Å². The monoisotopic (exact) mass is 356 g/mol. The minimum Gasteiger partial charge on any atom is -0.361 e. The lowest BCUT2D eigenvalue weighted by Gasteiger charge is -2.40. The van der Waals surface area contributed by atoms with Crippen molar-refractivity contribution in [1.82, 2.24) is 20.3 Å². The third-order valence-electron chi connectivity index (χ3n) is 4.43. The molecule has 1 unspecified atom stereocenters. The number of hydrogen-bond acceptors (Lipinski definition) is 5. The van der Waals surface area contributed by atoms with E-state index in [-0.39, 0.29) is 23.6 Å². The van der Waals surface area contributed by atoms with E-state index >= 15 is 0 Å². The lowest BCUT2D eigenvalue weighted by Crippen LogP contribution is -2.50. The second-order valence-corrected chi connectivity index (χ2v) is 6.14. The Morgan fingerprint density at radius 3 is 2.77 bits per heavy atom. The van der Waals surface area contributed by atoms with E-state index in [0.29, 0.717) is 31.0 Å². The molecule has 1 aliphatic heterocycles. The van der Waals surface area contributed by atoms with Gasteiger partial charge in [0.2, 0.25) is 6.41 Å². The molecule has 2 heterocycles. The molecule has 3 amide bonds. The summed E-state index contributed by atoms with van der Waals surface area (Å²) in [5.41, 5.74) is 1.51. The number of amides is 3. The van der Waals surface area contributed by atoms with Crippen LogP contribution < -0.4 is 5.32 Å². The Kier molecular flexibility index (Phi) is 5.01. The van der Waals surface area contributed by atoms with Gasteiger partial charge >= 0.3 is 0 Å². The topological polar surface area (TPSA) is 95.8 Å². The number of carbonyl (C=O) groups is 3. The van der Waals surface area contributed by atoms with Crippen molar-refractivity contribution in [2.45, 2.75) is 13.0 Å². The average Bonchev–Trinajstić information content (AvgIpc) is 3.12. The highest BCUT2D eigenvalue weighted by Crippen LogP contribution is 2.27. The summed E-state index contributed by atoms with van der Waals surface area (Å²) in [6.45, 7) is 2.89. The van der Waals surface area contributed by atoms with Crippen molar-refractivity contribution < 1.29 is 18.9 Å². The first-order chi connectivity index (χ1) is 12.5. The second-order valence-electron chi connectivity index (χ2n) is 6.14. The zero-order valence-electron chi connectivity index (χ0n) is 14.6. The van der Waals surface area contributed by atoms with Gasteiger partial charge in [-0.3, -0.25) is 14.4 Å². The van der Waals surface area contributed by atoms with Gasteiger partial charge in [-0.25, -0.2) is 0 Å². The maximum atomic E-state index is 12.9. The first-order valence-electron chi connectivity index (χ1n) is 8.29. The van der Waals surface area contributed by atoms with Crippen LogP contribution in [0.4, 0.5) is 0 Å². The van der Waals surface area contributed by atoms with Gasteiger partial charge in [-0.2, -0.15) is 0 Å². The molecular formula is C18H20N4O4. The number of nitrogens with zero attached hydrogens (tertiary/aromatic N) is 3. The first-order valence-corrected chi connectivity index (χ1v) is 8.29. The van der Waals surface area contributed by atoms with Crippen LogP contribution in [0.5, 0.6) is 0 Å². The molecule has 8 nitrogen and oxygen atoms in total. The molecule has 1 fully saturated rings. The summed E-state index contributed by atoms with van der Waals surface area (Å²) in [5, 5.41) is 6.39. The molecule has 0 spiro atoms. The molecular weight excluding hydrogens is 336 g/mol. The number of rotatable bonds is 4. The van der Waals surface area contributed by atoms with Crippen molar-refractivity contribution in [1.29, 1.82) is 0 Å². The van der Waals surface area contributed by atoms with Crippen molar-refractivity contribution in [2.24, 2.45) is 0 Å². The van der Waals surface area contributed by atoms with Crippen molar-refractivity contribution in [2.75, 3.05) is 26.7 Å². The van der Waals surface area contributed by atoms with Crippen molar-refractivity contribution >= 4 is 18.2 Å². The van der Waals surface area contributed by atoms with Crippen LogP contribution in [0.25, 0.3) is 0 Å². The Morgan fingerprint density at radius 1 is 1.31 bits per heavy atom. The van der Waals surface area contributed by atoms with E-state index in [1.165, 1.54) is 0 Å². The number of carbonyl (C=O) groups excluding carboxylic acids is 3. The van der Waals surface area contributed by atoms with Gasteiger partial charge < -0.3 is 19.6 Å². The molecule has 1 atom stereocenters. The summed E-state index contributed by atoms with van der Waals surface area (Å²) in [5.74, 6) is 0.0840. The van der Waals surface area contributed by atoms with Crippen molar-refractivity contribution in [3.63, 3.8) is 0 Å². The predicted molar refractivity (Wildman–Crippen MR) is 92.5 cm³/mol. The number of aryl methyl sites for hydroxylation is 1. The molecule has 1 aliphatic rings. The molecule has 1 aromatic carbocycles. The van der Waals surface area contributed by atoms with Gasteiger partial charge in [-0.1, -0.05) is 17.3 Å². The van der Waals surface area contributed by atoms with Crippen LogP contribution in [0.2, 0.25) is 0 Å². The molecule has 0 saturated carbocycles. The molecule has 136 valence electrons. The highest BCUT2D eigenvalue weighted by Gasteiger charge is 2.33. The van der Waals surface area contributed by atoms with E-state index in [1.54, 1.807) is 48.0 Å². The van der Waals surface area contributed by atoms with Crippen LogP contribution >= 0.6 is 0 Å². The lowest BCUT2D eigenvalue weighted by atomic mass is 9.99. The molecule has 0 radical (unpaired) electrons. The highest BCUT2D eigenvalue weighted by atomic mass is 16.5. The van der Waals surface area contributed by atoms with Crippen LogP contribution in [-0.2, 0) is 4.79 Å². The van der Waals surface area contributed by atoms with E-state index in [1.807, 2.05) is 6.07 Å². The van der Waals surface area contributed by atoms with Gasteiger partial charge in [0.05, 0.1) is 6.04 Å². The number of aromatic nitrogens is 1. The fourth-order valence-corrected chi connectivity index (χ4v) is 3.07. The van der Waals surface area contributed by atoms with Gasteiger partial charge in [-0.15, -0.1) is 0 Å². The molecule has 26 heavy (non-hydrogen) atoms. The van der Waals surface area contributed by atoms with E-state index in [4.69, 9.17) is 4.52 Å². The zero-order chi connectivity index (χ0) is 18.7. The molecule has 0 bridgehead atoms. The number of hydrogen-bond donors (Lipinski definition) is 1. The predicted octanol–water partition coefficient (Wildman–Crippen LogP) is 0.998. The van der Waals surface area contributed by atoms with E-state index in [9.17, 15) is 14.4 Å². The number of nitrogens with one attached hydrogen (secondary N) is 1. The van der Waals surface area contributed by atoms with Crippen LogP contribution in [0.1, 0.15) is 38.2 Å². The second kappa shape index (κ2) is 7.38. The van der Waals surface area contributed by atoms with E-state index < -0.39 is 0 Å². The minimum atomic E-state index is -0.372. The van der Waals surface area contributed by atoms with E-state index in [2.05, 4.69) is 10.5 Å². The van der Waals surface area contributed by atoms with Crippen LogP contribution in [0.3, 0.4) is 0 Å². The maximum absolute atomic E-state index is 12.9. The quantitative estimate of drug-likeness (QED) is 0.825. The SMILES string of the molecule is CNC(=O)c1cccc(C2CN(C=O)CCN2C(=O)c2cc(C)on2)c1. The van der Waals surface area contributed by atoms with Crippen LogP contribution in [-0.4, -0.2) is 59.9 Å². The summed E-state index contributed by atoms with van der Waals surface area (Å²) in [6.07, 6.45) is 0.775. The third kappa shape index (κ3) is 3.44. The first kappa shape index (κ1) is 17.7. The van der Waals surface area contributed by atoms with Gasteiger partial charge in [-0.05, 0) is 24.6 Å². The van der Waals surface area contributed by atoms with Crippen molar-refractivity contribution in [3.05, 3.63) is 52.9 Å². The van der Waals surface area contributed by atoms with Gasteiger partial charge in [0.1, 0.15) is 5.76 Å². The third-order valence-corrected chi connectivity index (χ3v) is 4.43. The Hall–Kier alpha value is -3.16. The summed E-state index contributed by atoms with van der Waals surface area (Å²) in [7, 11) is 1.56. The summed E-state index contributed by atoms with van der Waals surface area (Å²) < 4.78 is 5.01. The van der Waals surface area contributed by atoms with Crippen LogP contribution in [0, 0.1) is 6.92 Å². The molecule has 1 aromatic heterocycles. The summed E-state index contributed by atoms with van der Waals surface area (Å²) in [4.78, 5) is 39.3. The van der Waals surface area contributed by atoms with Crippen molar-refractivity contribution in [3.8, 4) is 0 Å². The molecule has 1 N–H and O–H groups in total. The Bertz CT molecular complexity index is 832. The Labute approximate surface area is 150 Å². The largest absolute Gasteiger partial charge is 0.361 e. The zero-order valence-corrected chi connectivity index (χ0v) is 14.6. The molecule has 8 heteroatoms. The average molecular weight is 356 g/mol. The lowest BCUT2D eigenvalue weighted by molar-refractivity contribution is -0.120. The van der Waals surface area contributed by atoms with Gasteiger partial charge in [0, 0.05) is 38.3 Å². The van der Waals surface area contributed by atoms with E-state index in [0.717, 1.165) is 12.0 Å². The fourth-order valence-electron chi connectivity index (χ4n) is 3.07. The molecule has 0 aliphatic carbocycles.